The van der Waals surface area contributed by atoms with E-state index >= 15 is 0 Å². The van der Waals surface area contributed by atoms with Gasteiger partial charge in [0.2, 0.25) is 0 Å². The van der Waals surface area contributed by atoms with Crippen LogP contribution in [-0.2, 0) is 0 Å². The van der Waals surface area contributed by atoms with Gasteiger partial charge in [-0.2, -0.15) is 0 Å². The Balaban J connectivity index is 1.67. The predicted octanol–water partition coefficient (Wildman–Crippen LogP) is 8.37. The number of rotatable bonds is 4. The van der Waals surface area contributed by atoms with Crippen LogP contribution in [0.3, 0.4) is 0 Å². The standard InChI is InChI=1S/C28H19Br2N3/c1-18-11-13-19(14-12-18)20-5-2-6-21(15-20)26-31-27(22-7-3-9-24(29)16-22)33-28(32-26)23-8-4-10-25(30)17-23/h2-17H,1H3. The SMILES string of the molecule is Cc1ccc(-c2cccc(-c3nc(-c4cccc(Br)c4)nc(-c4cccc(Br)c4)n3)c2)cc1. The zero-order chi connectivity index (χ0) is 22.8. The normalized spacial score (nSPS) is 10.9. The molecule has 3 nitrogen and oxygen atoms in total. The summed E-state index contributed by atoms with van der Waals surface area (Å²) in [5, 5.41) is 0. The van der Waals surface area contributed by atoms with Crippen LogP contribution in [0.4, 0.5) is 0 Å². The summed E-state index contributed by atoms with van der Waals surface area (Å²) in [6.07, 6.45) is 0. The lowest BCUT2D eigenvalue weighted by atomic mass is 10.0. The molecule has 0 atom stereocenters. The molecule has 0 aliphatic rings. The predicted molar refractivity (Wildman–Crippen MR) is 142 cm³/mol. The van der Waals surface area contributed by atoms with Crippen molar-refractivity contribution < 1.29 is 0 Å². The molecular weight excluding hydrogens is 538 g/mol. The van der Waals surface area contributed by atoms with Gasteiger partial charge in [0.25, 0.3) is 0 Å². The topological polar surface area (TPSA) is 38.7 Å². The minimum atomic E-state index is 0.636. The molecule has 0 amide bonds. The van der Waals surface area contributed by atoms with Gasteiger partial charge >= 0.3 is 0 Å². The van der Waals surface area contributed by atoms with Crippen molar-refractivity contribution >= 4 is 31.9 Å². The van der Waals surface area contributed by atoms with Crippen molar-refractivity contribution in [1.29, 1.82) is 0 Å². The van der Waals surface area contributed by atoms with Gasteiger partial charge in [-0.1, -0.05) is 104 Å². The molecule has 5 aromatic rings. The van der Waals surface area contributed by atoms with Gasteiger partial charge in [0.15, 0.2) is 17.5 Å². The van der Waals surface area contributed by atoms with Gasteiger partial charge in [-0.05, 0) is 48.4 Å². The van der Waals surface area contributed by atoms with Gasteiger partial charge in [0.05, 0.1) is 0 Å². The Labute approximate surface area is 209 Å². The van der Waals surface area contributed by atoms with Gasteiger partial charge in [-0.15, -0.1) is 0 Å². The average Bonchev–Trinajstić information content (AvgIpc) is 2.84. The third-order valence-electron chi connectivity index (χ3n) is 5.31. The maximum Gasteiger partial charge on any atom is 0.164 e. The summed E-state index contributed by atoms with van der Waals surface area (Å²) in [6, 6.07) is 32.9. The molecule has 0 radical (unpaired) electrons. The van der Waals surface area contributed by atoms with Crippen molar-refractivity contribution in [2.24, 2.45) is 0 Å². The summed E-state index contributed by atoms with van der Waals surface area (Å²) in [6.45, 7) is 2.10. The molecule has 0 aliphatic carbocycles. The van der Waals surface area contributed by atoms with Crippen LogP contribution in [0.25, 0.3) is 45.3 Å². The molecule has 0 N–H and O–H groups in total. The molecule has 0 saturated heterocycles. The Morgan fingerprint density at radius 2 is 0.879 bits per heavy atom. The van der Waals surface area contributed by atoms with E-state index in [-0.39, 0.29) is 0 Å². The molecule has 33 heavy (non-hydrogen) atoms. The van der Waals surface area contributed by atoms with Crippen LogP contribution in [0.1, 0.15) is 5.56 Å². The van der Waals surface area contributed by atoms with Crippen molar-refractivity contribution in [2.45, 2.75) is 6.92 Å². The van der Waals surface area contributed by atoms with Crippen LogP contribution in [0.2, 0.25) is 0 Å². The second kappa shape index (κ2) is 9.38. The van der Waals surface area contributed by atoms with E-state index in [0.29, 0.717) is 17.5 Å². The third-order valence-corrected chi connectivity index (χ3v) is 6.29. The van der Waals surface area contributed by atoms with Gasteiger partial charge < -0.3 is 0 Å². The van der Waals surface area contributed by atoms with Crippen molar-refractivity contribution in [2.75, 3.05) is 0 Å². The van der Waals surface area contributed by atoms with E-state index in [1.54, 1.807) is 0 Å². The fraction of sp³-hybridized carbons (Fsp3) is 0.0357. The second-order valence-corrected chi connectivity index (χ2v) is 9.61. The van der Waals surface area contributed by atoms with Crippen LogP contribution >= 0.6 is 31.9 Å². The van der Waals surface area contributed by atoms with Gasteiger partial charge in [0, 0.05) is 25.6 Å². The summed E-state index contributed by atoms with van der Waals surface area (Å²) in [4.78, 5) is 14.5. The maximum atomic E-state index is 4.86. The van der Waals surface area contributed by atoms with E-state index in [1.165, 1.54) is 5.56 Å². The highest BCUT2D eigenvalue weighted by atomic mass is 79.9. The Hall–Kier alpha value is -3.15. The fourth-order valence-corrected chi connectivity index (χ4v) is 4.40. The largest absolute Gasteiger partial charge is 0.208 e. The van der Waals surface area contributed by atoms with E-state index in [9.17, 15) is 0 Å². The Morgan fingerprint density at radius 3 is 1.36 bits per heavy atom. The van der Waals surface area contributed by atoms with Crippen molar-refractivity contribution in [1.82, 2.24) is 15.0 Å². The summed E-state index contributed by atoms with van der Waals surface area (Å²) in [7, 11) is 0. The summed E-state index contributed by atoms with van der Waals surface area (Å²) < 4.78 is 1.96. The molecular formula is C28H19Br2N3. The number of aromatic nitrogens is 3. The summed E-state index contributed by atoms with van der Waals surface area (Å²) in [5.74, 6) is 1.91. The number of aryl methyl sites for hydroxylation is 1. The fourth-order valence-electron chi connectivity index (χ4n) is 3.60. The summed E-state index contributed by atoms with van der Waals surface area (Å²) in [5.41, 5.74) is 6.34. The second-order valence-electron chi connectivity index (χ2n) is 7.77. The summed E-state index contributed by atoms with van der Waals surface area (Å²) >= 11 is 7.12. The average molecular weight is 557 g/mol. The number of benzene rings is 4. The minimum absolute atomic E-state index is 0.636. The molecule has 1 heterocycles. The highest BCUT2D eigenvalue weighted by molar-refractivity contribution is 9.10. The van der Waals surface area contributed by atoms with Gasteiger partial charge in [-0.3, -0.25) is 0 Å². The molecule has 0 unspecified atom stereocenters. The molecule has 5 rings (SSSR count). The monoisotopic (exact) mass is 555 g/mol. The highest BCUT2D eigenvalue weighted by Gasteiger charge is 2.13. The zero-order valence-electron chi connectivity index (χ0n) is 17.8. The molecule has 4 aromatic carbocycles. The first-order valence-electron chi connectivity index (χ1n) is 10.5. The highest BCUT2D eigenvalue weighted by Crippen LogP contribution is 2.29. The maximum absolute atomic E-state index is 4.86. The Morgan fingerprint density at radius 1 is 0.455 bits per heavy atom. The van der Waals surface area contributed by atoms with Gasteiger partial charge in [-0.25, -0.2) is 15.0 Å². The molecule has 0 saturated carbocycles. The zero-order valence-corrected chi connectivity index (χ0v) is 21.0. The van der Waals surface area contributed by atoms with Crippen LogP contribution in [-0.4, -0.2) is 15.0 Å². The molecule has 0 aliphatic heterocycles. The quantitative estimate of drug-likeness (QED) is 0.223. The van der Waals surface area contributed by atoms with E-state index in [1.807, 2.05) is 60.7 Å². The van der Waals surface area contributed by atoms with Gasteiger partial charge in [0.1, 0.15) is 0 Å². The number of hydrogen-bond donors (Lipinski definition) is 0. The van der Waals surface area contributed by atoms with Crippen LogP contribution < -0.4 is 0 Å². The Kier molecular flexibility index (Phi) is 6.16. The van der Waals surface area contributed by atoms with Crippen LogP contribution in [0.5, 0.6) is 0 Å². The number of nitrogens with zero attached hydrogens (tertiary/aromatic N) is 3. The first-order valence-corrected chi connectivity index (χ1v) is 12.1. The Bertz CT molecular complexity index is 1380. The lowest BCUT2D eigenvalue weighted by Crippen LogP contribution is -2.00. The van der Waals surface area contributed by atoms with E-state index in [0.717, 1.165) is 36.8 Å². The third kappa shape index (κ3) is 4.95. The van der Waals surface area contributed by atoms with Crippen molar-refractivity contribution in [3.63, 3.8) is 0 Å². The van der Waals surface area contributed by atoms with E-state index in [2.05, 4.69) is 75.2 Å². The van der Waals surface area contributed by atoms with E-state index in [4.69, 9.17) is 15.0 Å². The molecule has 0 spiro atoms. The first kappa shape index (κ1) is 21.7. The molecule has 0 bridgehead atoms. The van der Waals surface area contributed by atoms with E-state index < -0.39 is 0 Å². The van der Waals surface area contributed by atoms with Crippen LogP contribution in [0, 0.1) is 6.92 Å². The lowest BCUT2D eigenvalue weighted by molar-refractivity contribution is 1.07. The minimum Gasteiger partial charge on any atom is -0.208 e. The van der Waals surface area contributed by atoms with Crippen LogP contribution in [0.15, 0.2) is 106 Å². The molecule has 1 aromatic heterocycles. The lowest BCUT2D eigenvalue weighted by Gasteiger charge is -2.10. The first-order chi connectivity index (χ1) is 16.0. The number of hydrogen-bond acceptors (Lipinski definition) is 3. The van der Waals surface area contributed by atoms with Crippen molar-refractivity contribution in [3.05, 3.63) is 112 Å². The molecule has 0 fully saturated rings. The number of halogens is 2. The molecule has 5 heteroatoms. The smallest absolute Gasteiger partial charge is 0.164 e. The van der Waals surface area contributed by atoms with Crippen molar-refractivity contribution in [3.8, 4) is 45.3 Å². The molecule has 160 valence electrons.